The number of carbonyl (C=O) groups is 1. The minimum atomic E-state index is -0.765. The summed E-state index contributed by atoms with van der Waals surface area (Å²) in [5.74, 6) is 0.466. The summed E-state index contributed by atoms with van der Waals surface area (Å²) in [6.07, 6.45) is 2.34. The molecule has 0 amide bonds. The van der Waals surface area contributed by atoms with Gasteiger partial charge in [0.1, 0.15) is 12.0 Å². The molecule has 0 saturated heterocycles. The monoisotopic (exact) mass is 236 g/mol. The first-order valence-corrected chi connectivity index (χ1v) is 5.67. The molecular formula is C13H16O4. The van der Waals surface area contributed by atoms with E-state index in [0.29, 0.717) is 24.3 Å². The summed E-state index contributed by atoms with van der Waals surface area (Å²) in [6, 6.07) is 7.27. The minimum Gasteiger partial charge on any atom is -0.493 e. The lowest BCUT2D eigenvalue weighted by Crippen LogP contribution is -2.43. The first-order chi connectivity index (χ1) is 8.18. The number of hydrogen-bond donors (Lipinski definition) is 1. The predicted molar refractivity (Wildman–Crippen MR) is 62.4 cm³/mol. The molecule has 92 valence electrons. The van der Waals surface area contributed by atoms with E-state index >= 15 is 0 Å². The topological polar surface area (TPSA) is 55.8 Å². The van der Waals surface area contributed by atoms with Crippen LogP contribution in [0.4, 0.5) is 0 Å². The Balaban J connectivity index is 2.04. The molecule has 0 atom stereocenters. The van der Waals surface area contributed by atoms with Crippen LogP contribution in [0.3, 0.4) is 0 Å². The molecule has 0 radical (unpaired) electrons. The van der Waals surface area contributed by atoms with Gasteiger partial charge in [0.15, 0.2) is 11.5 Å². The minimum absolute atomic E-state index is 0.211. The average molecular weight is 236 g/mol. The van der Waals surface area contributed by atoms with Crippen LogP contribution in [0.2, 0.25) is 0 Å². The van der Waals surface area contributed by atoms with Crippen molar-refractivity contribution in [3.05, 3.63) is 24.3 Å². The van der Waals surface area contributed by atoms with Gasteiger partial charge in [0.25, 0.3) is 0 Å². The number of para-hydroxylation sites is 2. The van der Waals surface area contributed by atoms with Crippen molar-refractivity contribution in [3.63, 3.8) is 0 Å². The van der Waals surface area contributed by atoms with Crippen LogP contribution < -0.4 is 9.47 Å². The Morgan fingerprint density at radius 1 is 1.35 bits per heavy atom. The standard InChI is InChI=1S/C13H16O4/c1-16-10-5-2-3-6-11(10)17-9-13(12(14)15)7-4-8-13/h2-3,5-6H,4,7-9H2,1H3,(H,14,15). The summed E-state index contributed by atoms with van der Waals surface area (Å²) < 4.78 is 10.7. The number of carboxylic acids is 1. The summed E-state index contributed by atoms with van der Waals surface area (Å²) in [4.78, 5) is 11.2. The quantitative estimate of drug-likeness (QED) is 0.852. The van der Waals surface area contributed by atoms with E-state index in [1.807, 2.05) is 12.1 Å². The maximum Gasteiger partial charge on any atom is 0.313 e. The lowest BCUT2D eigenvalue weighted by Gasteiger charge is -2.37. The third-order valence-corrected chi connectivity index (χ3v) is 3.34. The maximum absolute atomic E-state index is 11.2. The Morgan fingerprint density at radius 2 is 2.00 bits per heavy atom. The van der Waals surface area contributed by atoms with Gasteiger partial charge in [0.2, 0.25) is 0 Å². The van der Waals surface area contributed by atoms with Crippen LogP contribution in [0.1, 0.15) is 19.3 Å². The Labute approximate surface area is 100 Å². The Bertz CT molecular complexity index is 410. The van der Waals surface area contributed by atoms with E-state index in [1.165, 1.54) is 0 Å². The van der Waals surface area contributed by atoms with E-state index in [0.717, 1.165) is 6.42 Å². The van der Waals surface area contributed by atoms with Gasteiger partial charge in [-0.15, -0.1) is 0 Å². The molecule has 0 bridgehead atoms. The molecule has 0 heterocycles. The van der Waals surface area contributed by atoms with E-state index < -0.39 is 11.4 Å². The van der Waals surface area contributed by atoms with Crippen LogP contribution in [-0.4, -0.2) is 24.8 Å². The number of aliphatic carboxylic acids is 1. The third-order valence-electron chi connectivity index (χ3n) is 3.34. The second kappa shape index (κ2) is 4.65. The van der Waals surface area contributed by atoms with Crippen molar-refractivity contribution < 1.29 is 19.4 Å². The number of rotatable bonds is 5. The molecule has 2 rings (SSSR count). The fourth-order valence-corrected chi connectivity index (χ4v) is 1.98. The van der Waals surface area contributed by atoms with Gasteiger partial charge >= 0.3 is 5.97 Å². The zero-order valence-corrected chi connectivity index (χ0v) is 9.81. The summed E-state index contributed by atoms with van der Waals surface area (Å²) >= 11 is 0. The number of benzene rings is 1. The van der Waals surface area contributed by atoms with Crippen LogP contribution in [-0.2, 0) is 4.79 Å². The highest BCUT2D eigenvalue weighted by atomic mass is 16.5. The zero-order chi connectivity index (χ0) is 12.3. The second-order valence-corrected chi connectivity index (χ2v) is 4.38. The highest BCUT2D eigenvalue weighted by molar-refractivity contribution is 5.76. The maximum atomic E-state index is 11.2. The van der Waals surface area contributed by atoms with E-state index in [4.69, 9.17) is 9.47 Å². The van der Waals surface area contributed by atoms with Gasteiger partial charge < -0.3 is 14.6 Å². The number of ether oxygens (including phenoxy) is 2. The highest BCUT2D eigenvalue weighted by Gasteiger charge is 2.45. The van der Waals surface area contributed by atoms with E-state index in [9.17, 15) is 9.90 Å². The van der Waals surface area contributed by atoms with Crippen molar-refractivity contribution in [3.8, 4) is 11.5 Å². The summed E-state index contributed by atoms with van der Waals surface area (Å²) in [6.45, 7) is 0.211. The first kappa shape index (κ1) is 11.8. The van der Waals surface area contributed by atoms with Crippen LogP contribution in [0.5, 0.6) is 11.5 Å². The molecule has 1 aromatic carbocycles. The first-order valence-electron chi connectivity index (χ1n) is 5.67. The van der Waals surface area contributed by atoms with E-state index in [2.05, 4.69) is 0 Å². The van der Waals surface area contributed by atoms with Crippen molar-refractivity contribution in [1.29, 1.82) is 0 Å². The molecule has 1 aromatic rings. The summed E-state index contributed by atoms with van der Waals surface area (Å²) in [5, 5.41) is 9.18. The lowest BCUT2D eigenvalue weighted by atomic mass is 9.69. The van der Waals surface area contributed by atoms with Crippen LogP contribution in [0.15, 0.2) is 24.3 Å². The highest BCUT2D eigenvalue weighted by Crippen LogP contribution is 2.42. The SMILES string of the molecule is COc1ccccc1OCC1(C(=O)O)CCC1. The van der Waals surface area contributed by atoms with Gasteiger partial charge in [-0.25, -0.2) is 0 Å². The predicted octanol–water partition coefficient (Wildman–Crippen LogP) is 2.33. The number of hydrogen-bond acceptors (Lipinski definition) is 3. The van der Waals surface area contributed by atoms with Crippen molar-refractivity contribution in [2.45, 2.75) is 19.3 Å². The molecule has 17 heavy (non-hydrogen) atoms. The van der Waals surface area contributed by atoms with Crippen LogP contribution in [0, 0.1) is 5.41 Å². The van der Waals surface area contributed by atoms with Crippen LogP contribution >= 0.6 is 0 Å². The fourth-order valence-electron chi connectivity index (χ4n) is 1.98. The zero-order valence-electron chi connectivity index (χ0n) is 9.81. The summed E-state index contributed by atoms with van der Waals surface area (Å²) in [5.41, 5.74) is -0.694. The molecule has 4 heteroatoms. The Hall–Kier alpha value is -1.71. The normalized spacial score (nSPS) is 17.0. The molecule has 0 unspecified atom stereocenters. The van der Waals surface area contributed by atoms with Gasteiger partial charge in [0.05, 0.1) is 7.11 Å². The van der Waals surface area contributed by atoms with Crippen LogP contribution in [0.25, 0.3) is 0 Å². The van der Waals surface area contributed by atoms with E-state index in [1.54, 1.807) is 19.2 Å². The van der Waals surface area contributed by atoms with Gasteiger partial charge in [-0.05, 0) is 25.0 Å². The number of carboxylic acid groups (broad SMARTS) is 1. The summed E-state index contributed by atoms with van der Waals surface area (Å²) in [7, 11) is 1.57. The molecule has 1 aliphatic rings. The van der Waals surface area contributed by atoms with Crippen molar-refractivity contribution in [2.24, 2.45) is 5.41 Å². The molecular weight excluding hydrogens is 220 g/mol. The van der Waals surface area contributed by atoms with Gasteiger partial charge in [-0.3, -0.25) is 4.79 Å². The largest absolute Gasteiger partial charge is 0.493 e. The third kappa shape index (κ3) is 2.20. The smallest absolute Gasteiger partial charge is 0.313 e. The van der Waals surface area contributed by atoms with Gasteiger partial charge in [-0.1, -0.05) is 18.6 Å². The molecule has 1 fully saturated rings. The lowest BCUT2D eigenvalue weighted by molar-refractivity contribution is -0.157. The fraction of sp³-hybridized carbons (Fsp3) is 0.462. The van der Waals surface area contributed by atoms with Gasteiger partial charge in [0, 0.05) is 0 Å². The van der Waals surface area contributed by atoms with Gasteiger partial charge in [-0.2, -0.15) is 0 Å². The second-order valence-electron chi connectivity index (χ2n) is 4.38. The van der Waals surface area contributed by atoms with Crippen molar-refractivity contribution >= 4 is 5.97 Å². The molecule has 0 aliphatic heterocycles. The Kier molecular flexibility index (Phi) is 3.22. The van der Waals surface area contributed by atoms with Crippen molar-refractivity contribution in [1.82, 2.24) is 0 Å². The Morgan fingerprint density at radius 3 is 2.47 bits per heavy atom. The molecule has 1 N–H and O–H groups in total. The van der Waals surface area contributed by atoms with Crippen molar-refractivity contribution in [2.75, 3.05) is 13.7 Å². The average Bonchev–Trinajstić information content (AvgIpc) is 2.27. The number of methoxy groups -OCH3 is 1. The molecule has 4 nitrogen and oxygen atoms in total. The molecule has 0 spiro atoms. The van der Waals surface area contributed by atoms with E-state index in [-0.39, 0.29) is 6.61 Å². The molecule has 0 aromatic heterocycles. The molecule has 1 aliphatic carbocycles. The molecule has 1 saturated carbocycles.